The molecular formula is C20H25N5O2S. The van der Waals surface area contributed by atoms with Gasteiger partial charge in [-0.15, -0.1) is 11.3 Å². The number of nitrogens with one attached hydrogen (secondary N) is 1. The van der Waals surface area contributed by atoms with E-state index in [2.05, 4.69) is 20.5 Å². The van der Waals surface area contributed by atoms with E-state index in [-0.39, 0.29) is 11.9 Å². The Kier molecular flexibility index (Phi) is 5.32. The van der Waals surface area contributed by atoms with Gasteiger partial charge < -0.3 is 9.84 Å². The summed E-state index contributed by atoms with van der Waals surface area (Å²) in [6.07, 6.45) is 4.54. The molecule has 3 aromatic heterocycles. The number of aromatic nitrogens is 3. The first kappa shape index (κ1) is 18.9. The largest absolute Gasteiger partial charge is 0.361 e. The SMILES string of the molecule is Cc1noc(C)c1CN1CCc2c(C(=O)N[C@H](C)Cn3cccn3)csc2C1. The molecule has 8 heteroatoms. The van der Waals surface area contributed by atoms with Crippen LogP contribution in [0.25, 0.3) is 0 Å². The van der Waals surface area contributed by atoms with E-state index in [0.717, 1.165) is 43.1 Å². The van der Waals surface area contributed by atoms with E-state index in [0.29, 0.717) is 6.54 Å². The summed E-state index contributed by atoms with van der Waals surface area (Å²) >= 11 is 1.68. The third-order valence-electron chi connectivity index (χ3n) is 5.23. The van der Waals surface area contributed by atoms with Gasteiger partial charge in [0.15, 0.2) is 0 Å². The number of rotatable bonds is 6. The monoisotopic (exact) mass is 399 g/mol. The molecule has 1 aliphatic heterocycles. The zero-order chi connectivity index (χ0) is 19.7. The number of fused-ring (bicyclic) bond motifs is 1. The van der Waals surface area contributed by atoms with Gasteiger partial charge in [0.1, 0.15) is 5.76 Å². The first-order chi connectivity index (χ1) is 13.5. The van der Waals surface area contributed by atoms with Crippen LogP contribution in [0.3, 0.4) is 0 Å². The summed E-state index contributed by atoms with van der Waals surface area (Å²) in [5.41, 5.74) is 4.15. The van der Waals surface area contributed by atoms with Gasteiger partial charge >= 0.3 is 0 Å². The number of carbonyl (C=O) groups is 1. The highest BCUT2D eigenvalue weighted by Gasteiger charge is 2.25. The molecule has 28 heavy (non-hydrogen) atoms. The number of nitrogens with zero attached hydrogens (tertiary/aromatic N) is 4. The van der Waals surface area contributed by atoms with E-state index in [4.69, 9.17) is 4.52 Å². The van der Waals surface area contributed by atoms with Crippen molar-refractivity contribution in [2.45, 2.75) is 52.9 Å². The Morgan fingerprint density at radius 3 is 3.00 bits per heavy atom. The molecule has 0 spiro atoms. The molecule has 0 radical (unpaired) electrons. The Morgan fingerprint density at radius 1 is 1.43 bits per heavy atom. The lowest BCUT2D eigenvalue weighted by molar-refractivity contribution is 0.0934. The van der Waals surface area contributed by atoms with Crippen molar-refractivity contribution in [2.24, 2.45) is 0 Å². The van der Waals surface area contributed by atoms with Crippen molar-refractivity contribution in [3.63, 3.8) is 0 Å². The summed E-state index contributed by atoms with van der Waals surface area (Å²) in [5.74, 6) is 0.900. The number of amides is 1. The van der Waals surface area contributed by atoms with Crippen molar-refractivity contribution in [1.29, 1.82) is 0 Å². The quantitative estimate of drug-likeness (QED) is 0.690. The molecule has 3 aromatic rings. The predicted octanol–water partition coefficient (Wildman–Crippen LogP) is 2.93. The third kappa shape index (κ3) is 3.88. The van der Waals surface area contributed by atoms with E-state index >= 15 is 0 Å². The van der Waals surface area contributed by atoms with Gasteiger partial charge in [-0.25, -0.2) is 0 Å². The van der Waals surface area contributed by atoms with Crippen molar-refractivity contribution in [3.05, 3.63) is 56.9 Å². The van der Waals surface area contributed by atoms with Crippen molar-refractivity contribution in [3.8, 4) is 0 Å². The van der Waals surface area contributed by atoms with Gasteiger partial charge in [0.25, 0.3) is 5.91 Å². The number of aryl methyl sites for hydroxylation is 2. The van der Waals surface area contributed by atoms with Crippen LogP contribution in [-0.2, 0) is 26.1 Å². The molecule has 1 amide bonds. The van der Waals surface area contributed by atoms with Gasteiger partial charge in [-0.1, -0.05) is 5.16 Å². The molecule has 148 valence electrons. The first-order valence-corrected chi connectivity index (χ1v) is 10.4. The van der Waals surface area contributed by atoms with Gasteiger partial charge in [-0.2, -0.15) is 5.10 Å². The fourth-order valence-electron chi connectivity index (χ4n) is 3.69. The van der Waals surface area contributed by atoms with Crippen LogP contribution in [0.4, 0.5) is 0 Å². The first-order valence-electron chi connectivity index (χ1n) is 9.53. The summed E-state index contributed by atoms with van der Waals surface area (Å²) in [7, 11) is 0. The summed E-state index contributed by atoms with van der Waals surface area (Å²) in [5, 5.41) is 13.4. The molecule has 1 atom stereocenters. The van der Waals surface area contributed by atoms with Gasteiger partial charge in [-0.05, 0) is 38.8 Å². The van der Waals surface area contributed by atoms with Crippen molar-refractivity contribution >= 4 is 17.2 Å². The highest BCUT2D eigenvalue weighted by molar-refractivity contribution is 7.10. The molecule has 0 bridgehead atoms. The van der Waals surface area contributed by atoms with Crippen molar-refractivity contribution in [2.75, 3.05) is 6.54 Å². The lowest BCUT2D eigenvalue weighted by Gasteiger charge is -2.27. The minimum absolute atomic E-state index is 0.0105. The number of hydrogen-bond acceptors (Lipinski definition) is 6. The van der Waals surface area contributed by atoms with Crippen LogP contribution in [0.15, 0.2) is 28.4 Å². The van der Waals surface area contributed by atoms with Gasteiger partial charge in [0.05, 0.1) is 17.8 Å². The lowest BCUT2D eigenvalue weighted by atomic mass is 10.0. The maximum Gasteiger partial charge on any atom is 0.252 e. The molecule has 7 nitrogen and oxygen atoms in total. The van der Waals surface area contributed by atoms with Crippen LogP contribution in [0, 0.1) is 13.8 Å². The van der Waals surface area contributed by atoms with Crippen molar-refractivity contribution in [1.82, 2.24) is 25.2 Å². The Labute approximate surface area is 168 Å². The Morgan fingerprint density at radius 2 is 2.29 bits per heavy atom. The average molecular weight is 400 g/mol. The molecule has 1 N–H and O–H groups in total. The zero-order valence-corrected chi connectivity index (χ0v) is 17.3. The smallest absolute Gasteiger partial charge is 0.252 e. The van der Waals surface area contributed by atoms with Gasteiger partial charge in [0.2, 0.25) is 0 Å². The molecule has 0 saturated carbocycles. The molecule has 0 unspecified atom stereocenters. The summed E-state index contributed by atoms with van der Waals surface area (Å²) in [4.78, 5) is 16.5. The fourth-order valence-corrected chi connectivity index (χ4v) is 4.82. The fraction of sp³-hybridized carbons (Fsp3) is 0.450. The van der Waals surface area contributed by atoms with Crippen molar-refractivity contribution < 1.29 is 9.32 Å². The topological polar surface area (TPSA) is 76.2 Å². The number of hydrogen-bond donors (Lipinski definition) is 1. The molecular weight excluding hydrogens is 374 g/mol. The summed E-state index contributed by atoms with van der Waals surface area (Å²) in [6.45, 7) is 9.24. The predicted molar refractivity (Wildman–Crippen MR) is 107 cm³/mol. The maximum atomic E-state index is 12.8. The molecule has 1 aliphatic rings. The Bertz CT molecular complexity index is 940. The van der Waals surface area contributed by atoms with Gasteiger partial charge in [0, 0.05) is 53.9 Å². The molecule has 0 saturated heterocycles. The van der Waals surface area contributed by atoms with Gasteiger partial charge in [-0.3, -0.25) is 14.4 Å². The minimum atomic E-state index is 0.0105. The second-order valence-electron chi connectivity index (χ2n) is 7.42. The number of carbonyl (C=O) groups excluding carboxylic acids is 1. The lowest BCUT2D eigenvalue weighted by Crippen LogP contribution is -2.37. The normalized spacial score (nSPS) is 15.4. The second-order valence-corrected chi connectivity index (χ2v) is 8.38. The molecule has 0 fully saturated rings. The van der Waals surface area contributed by atoms with E-state index < -0.39 is 0 Å². The van der Waals surface area contributed by atoms with E-state index in [1.807, 2.05) is 43.1 Å². The zero-order valence-electron chi connectivity index (χ0n) is 16.4. The van der Waals surface area contributed by atoms with E-state index in [1.165, 1.54) is 16.0 Å². The third-order valence-corrected chi connectivity index (χ3v) is 6.24. The minimum Gasteiger partial charge on any atom is -0.361 e. The molecule has 0 aromatic carbocycles. The maximum absolute atomic E-state index is 12.8. The van der Waals surface area contributed by atoms with E-state index in [1.54, 1.807) is 17.5 Å². The van der Waals surface area contributed by atoms with Crippen LogP contribution >= 0.6 is 11.3 Å². The van der Waals surface area contributed by atoms with Crippen LogP contribution in [-0.4, -0.2) is 38.3 Å². The molecule has 0 aliphatic carbocycles. The number of thiophene rings is 1. The summed E-state index contributed by atoms with van der Waals surface area (Å²) < 4.78 is 7.12. The average Bonchev–Trinajstić information content (AvgIpc) is 3.38. The van der Waals surface area contributed by atoms with Crippen LogP contribution in [0.1, 0.15) is 44.7 Å². The highest BCUT2D eigenvalue weighted by atomic mass is 32.1. The second kappa shape index (κ2) is 7.89. The van der Waals surface area contributed by atoms with Crippen LogP contribution < -0.4 is 5.32 Å². The summed E-state index contributed by atoms with van der Waals surface area (Å²) in [6, 6.07) is 1.90. The Hall–Kier alpha value is -2.45. The Balaban J connectivity index is 1.40. The van der Waals surface area contributed by atoms with Crippen LogP contribution in [0.2, 0.25) is 0 Å². The standard InChI is InChI=1S/C20H25N5O2S/c1-13(9-25-7-4-6-21-25)22-20(26)18-12-28-19-11-24(8-5-16(18)19)10-17-14(2)23-27-15(17)3/h4,6-7,12-13H,5,8-11H2,1-3H3,(H,22,26)/t13-/m1/s1. The van der Waals surface area contributed by atoms with Crippen LogP contribution in [0.5, 0.6) is 0 Å². The highest BCUT2D eigenvalue weighted by Crippen LogP contribution is 2.30. The molecule has 4 rings (SSSR count). The van der Waals surface area contributed by atoms with E-state index in [9.17, 15) is 4.79 Å². The molecule has 4 heterocycles.